The summed E-state index contributed by atoms with van der Waals surface area (Å²) in [6.45, 7) is 2.62. The minimum atomic E-state index is 0. The number of likely N-dealkylation sites (tertiary alicyclic amines) is 1. The number of carbonyl (C=O) groups excluding carboxylic acids is 1. The number of nitrogens with two attached hydrogens (primary N) is 1. The molecule has 5 heteroatoms. The normalized spacial score (nSPS) is 37.0. The summed E-state index contributed by atoms with van der Waals surface area (Å²) < 4.78 is 5.21. The van der Waals surface area contributed by atoms with Crippen LogP contribution in [0.4, 0.5) is 0 Å². The average Bonchev–Trinajstić information content (AvgIpc) is 3.00. The van der Waals surface area contributed by atoms with Crippen molar-refractivity contribution in [3.63, 3.8) is 0 Å². The fourth-order valence-electron chi connectivity index (χ4n) is 4.47. The highest BCUT2D eigenvalue weighted by Gasteiger charge is 2.50. The van der Waals surface area contributed by atoms with Crippen molar-refractivity contribution in [1.29, 1.82) is 0 Å². The molecule has 3 fully saturated rings. The second-order valence-corrected chi connectivity index (χ2v) is 6.66. The molecule has 3 aliphatic rings. The summed E-state index contributed by atoms with van der Waals surface area (Å²) in [5, 5.41) is 0. The number of ether oxygens (including phenoxy) is 1. The molecule has 3 rings (SSSR count). The van der Waals surface area contributed by atoms with Crippen molar-refractivity contribution in [1.82, 2.24) is 4.90 Å². The minimum Gasteiger partial charge on any atom is -0.384 e. The van der Waals surface area contributed by atoms with Crippen LogP contribution in [0.2, 0.25) is 0 Å². The van der Waals surface area contributed by atoms with Crippen molar-refractivity contribution in [3.05, 3.63) is 0 Å². The first-order valence-corrected chi connectivity index (χ1v) is 7.74. The van der Waals surface area contributed by atoms with Gasteiger partial charge in [0.25, 0.3) is 0 Å². The standard InChI is InChI=1S/C15H26N2O2.ClH/c1-19-9-10-4-6-17(7-5-10)15(18)13-11-2-3-12(8-11)14(13)16;/h10-14H,2-9,16H2,1H3;1H. The van der Waals surface area contributed by atoms with E-state index in [1.807, 2.05) is 0 Å². The number of carbonyl (C=O) groups is 1. The van der Waals surface area contributed by atoms with Gasteiger partial charge in [0.1, 0.15) is 0 Å². The molecule has 0 spiro atoms. The van der Waals surface area contributed by atoms with Crippen LogP contribution in [0.15, 0.2) is 0 Å². The molecule has 4 nitrogen and oxygen atoms in total. The molecule has 1 heterocycles. The highest BCUT2D eigenvalue weighted by atomic mass is 35.5. The van der Waals surface area contributed by atoms with Crippen molar-refractivity contribution in [2.24, 2.45) is 29.4 Å². The molecule has 1 saturated heterocycles. The second kappa shape index (κ2) is 6.63. The zero-order valence-corrected chi connectivity index (χ0v) is 13.1. The third-order valence-electron chi connectivity index (χ3n) is 5.59. The predicted molar refractivity (Wildman–Crippen MR) is 80.7 cm³/mol. The lowest BCUT2D eigenvalue weighted by Gasteiger charge is -2.36. The molecule has 0 aromatic heterocycles. The number of piperidine rings is 1. The molecular formula is C15H27ClN2O2. The van der Waals surface area contributed by atoms with E-state index >= 15 is 0 Å². The monoisotopic (exact) mass is 302 g/mol. The van der Waals surface area contributed by atoms with Gasteiger partial charge in [0.2, 0.25) is 5.91 Å². The topological polar surface area (TPSA) is 55.6 Å². The molecule has 2 saturated carbocycles. The van der Waals surface area contributed by atoms with Crippen molar-refractivity contribution in [3.8, 4) is 0 Å². The molecule has 20 heavy (non-hydrogen) atoms. The Morgan fingerprint density at radius 1 is 1.20 bits per heavy atom. The maximum atomic E-state index is 12.7. The van der Waals surface area contributed by atoms with E-state index in [9.17, 15) is 4.79 Å². The van der Waals surface area contributed by atoms with E-state index < -0.39 is 0 Å². The van der Waals surface area contributed by atoms with E-state index in [0.717, 1.165) is 32.5 Å². The van der Waals surface area contributed by atoms with Gasteiger partial charge in [-0.2, -0.15) is 0 Å². The van der Waals surface area contributed by atoms with Crippen molar-refractivity contribution in [2.75, 3.05) is 26.8 Å². The predicted octanol–water partition coefficient (Wildman–Crippen LogP) is 1.67. The summed E-state index contributed by atoms with van der Waals surface area (Å²) in [7, 11) is 1.76. The summed E-state index contributed by atoms with van der Waals surface area (Å²) in [6.07, 6.45) is 5.81. The molecule has 2 N–H and O–H groups in total. The van der Waals surface area contributed by atoms with Gasteiger partial charge in [-0.1, -0.05) is 0 Å². The zero-order chi connectivity index (χ0) is 13.4. The Bertz CT molecular complexity index is 343. The van der Waals surface area contributed by atoms with E-state index in [1.54, 1.807) is 7.11 Å². The fourth-order valence-corrected chi connectivity index (χ4v) is 4.47. The van der Waals surface area contributed by atoms with E-state index in [1.165, 1.54) is 19.3 Å². The van der Waals surface area contributed by atoms with Crippen LogP contribution in [0.5, 0.6) is 0 Å². The molecule has 2 aliphatic carbocycles. The zero-order valence-electron chi connectivity index (χ0n) is 12.3. The maximum absolute atomic E-state index is 12.7. The number of hydrogen-bond acceptors (Lipinski definition) is 3. The molecular weight excluding hydrogens is 276 g/mol. The van der Waals surface area contributed by atoms with E-state index in [-0.39, 0.29) is 24.4 Å². The molecule has 4 atom stereocenters. The third-order valence-corrected chi connectivity index (χ3v) is 5.59. The van der Waals surface area contributed by atoms with Gasteiger partial charge in [-0.25, -0.2) is 0 Å². The maximum Gasteiger partial charge on any atom is 0.227 e. The quantitative estimate of drug-likeness (QED) is 0.863. The largest absolute Gasteiger partial charge is 0.384 e. The van der Waals surface area contributed by atoms with Crippen molar-refractivity contribution >= 4 is 18.3 Å². The number of fused-ring (bicyclic) bond motifs is 2. The highest BCUT2D eigenvalue weighted by molar-refractivity contribution is 5.85. The van der Waals surface area contributed by atoms with Gasteiger partial charge in [0, 0.05) is 32.8 Å². The summed E-state index contributed by atoms with van der Waals surface area (Å²) in [4.78, 5) is 14.7. The minimum absolute atomic E-state index is 0. The average molecular weight is 303 g/mol. The van der Waals surface area contributed by atoms with Crippen LogP contribution in [0.1, 0.15) is 32.1 Å². The molecule has 0 radical (unpaired) electrons. The molecule has 4 unspecified atom stereocenters. The number of amides is 1. The summed E-state index contributed by atoms with van der Waals surface area (Å²) in [6, 6.07) is 0.128. The Labute approximate surface area is 127 Å². The summed E-state index contributed by atoms with van der Waals surface area (Å²) in [5.74, 6) is 2.28. The number of hydrogen-bond donors (Lipinski definition) is 1. The highest BCUT2D eigenvalue weighted by Crippen LogP contribution is 2.48. The number of rotatable bonds is 3. The van der Waals surface area contributed by atoms with Crippen molar-refractivity contribution in [2.45, 2.75) is 38.1 Å². The van der Waals surface area contributed by atoms with E-state index in [2.05, 4.69) is 4.90 Å². The summed E-state index contributed by atoms with van der Waals surface area (Å²) in [5.41, 5.74) is 6.28. The first-order chi connectivity index (χ1) is 9.20. The number of nitrogens with zero attached hydrogens (tertiary/aromatic N) is 1. The third kappa shape index (κ3) is 2.83. The van der Waals surface area contributed by atoms with Crippen LogP contribution < -0.4 is 5.73 Å². The van der Waals surface area contributed by atoms with Gasteiger partial charge in [0.05, 0.1) is 5.92 Å². The Morgan fingerprint density at radius 3 is 2.40 bits per heavy atom. The smallest absolute Gasteiger partial charge is 0.227 e. The molecule has 1 aliphatic heterocycles. The molecule has 1 amide bonds. The summed E-state index contributed by atoms with van der Waals surface area (Å²) >= 11 is 0. The Balaban J connectivity index is 0.00000147. The van der Waals surface area contributed by atoms with Crippen LogP contribution in [0.3, 0.4) is 0 Å². The van der Waals surface area contributed by atoms with Crippen LogP contribution in [-0.4, -0.2) is 43.7 Å². The van der Waals surface area contributed by atoms with Crippen molar-refractivity contribution < 1.29 is 9.53 Å². The van der Waals surface area contributed by atoms with Crippen LogP contribution >= 0.6 is 12.4 Å². The van der Waals surface area contributed by atoms with Crippen LogP contribution in [-0.2, 0) is 9.53 Å². The van der Waals surface area contributed by atoms with Crippen LogP contribution in [0.25, 0.3) is 0 Å². The molecule has 0 aromatic carbocycles. The first-order valence-electron chi connectivity index (χ1n) is 7.74. The molecule has 0 aromatic rings. The SMILES string of the molecule is COCC1CCN(C(=O)C2C3CCC(C3)C2N)CC1.Cl. The molecule has 116 valence electrons. The van der Waals surface area contributed by atoms with Gasteiger partial charge in [-0.05, 0) is 49.9 Å². The Kier molecular flexibility index (Phi) is 5.32. The Hall–Kier alpha value is -0.320. The second-order valence-electron chi connectivity index (χ2n) is 6.66. The van der Waals surface area contributed by atoms with E-state index in [4.69, 9.17) is 10.5 Å². The van der Waals surface area contributed by atoms with Gasteiger partial charge in [-0.3, -0.25) is 4.79 Å². The van der Waals surface area contributed by atoms with Gasteiger partial charge < -0.3 is 15.4 Å². The number of halogens is 1. The van der Waals surface area contributed by atoms with E-state index in [0.29, 0.717) is 23.7 Å². The first kappa shape index (κ1) is 16.1. The molecule has 2 bridgehead atoms. The lowest BCUT2D eigenvalue weighted by atomic mass is 9.83. The fraction of sp³-hybridized carbons (Fsp3) is 0.933. The van der Waals surface area contributed by atoms with Crippen LogP contribution in [0, 0.1) is 23.7 Å². The lowest BCUT2D eigenvalue weighted by Crippen LogP contribution is -2.49. The Morgan fingerprint density at radius 2 is 1.85 bits per heavy atom. The lowest BCUT2D eigenvalue weighted by molar-refractivity contribution is -0.139. The van der Waals surface area contributed by atoms with Gasteiger partial charge in [-0.15, -0.1) is 12.4 Å². The number of methoxy groups -OCH3 is 1. The van der Waals surface area contributed by atoms with Gasteiger partial charge in [0.15, 0.2) is 0 Å². The van der Waals surface area contributed by atoms with Gasteiger partial charge >= 0.3 is 0 Å².